The monoisotopic (exact) mass is 338 g/mol. The Kier molecular flexibility index (Phi) is 8.26. The molecule has 0 spiro atoms. The molecule has 1 heterocycles. The number of hydrogen-bond donors (Lipinski definition) is 0. The van der Waals surface area contributed by atoms with Gasteiger partial charge in [-0.05, 0) is 48.0 Å². The van der Waals surface area contributed by atoms with Gasteiger partial charge in [0.15, 0.2) is 0 Å². The number of hydrogen-bond acceptors (Lipinski definition) is 2. The minimum absolute atomic E-state index is 0.357. The van der Waals surface area contributed by atoms with E-state index in [1.165, 1.54) is 52.1 Å². The molecule has 0 aromatic rings. The lowest BCUT2D eigenvalue weighted by atomic mass is 9.62. The van der Waals surface area contributed by atoms with Crippen molar-refractivity contribution in [1.82, 2.24) is 9.80 Å². The highest BCUT2D eigenvalue weighted by Gasteiger charge is 2.40. The minimum Gasteiger partial charge on any atom is -0.301 e. The van der Waals surface area contributed by atoms with E-state index < -0.39 is 0 Å². The molecule has 0 aliphatic carbocycles. The van der Waals surface area contributed by atoms with Crippen LogP contribution in [0.4, 0.5) is 0 Å². The van der Waals surface area contributed by atoms with Crippen molar-refractivity contribution in [3.63, 3.8) is 0 Å². The highest BCUT2D eigenvalue weighted by molar-refractivity contribution is 4.91. The summed E-state index contributed by atoms with van der Waals surface area (Å²) in [7, 11) is 0. The smallest absolute Gasteiger partial charge is 0.0110 e. The predicted octanol–water partition coefficient (Wildman–Crippen LogP) is 5.38. The summed E-state index contributed by atoms with van der Waals surface area (Å²) >= 11 is 0. The SMILES string of the molecule is CC(C)C(C)CCCN1CCN(CC(C)(C)C(C)(C)C(C)C)CC1. The van der Waals surface area contributed by atoms with Crippen LogP contribution in [0.2, 0.25) is 0 Å². The molecule has 2 heteroatoms. The Labute approximate surface area is 153 Å². The second-order valence-electron chi connectivity index (χ2n) is 10.2. The van der Waals surface area contributed by atoms with Crippen LogP contribution in [0.5, 0.6) is 0 Å². The van der Waals surface area contributed by atoms with Crippen molar-refractivity contribution in [1.29, 1.82) is 0 Å². The van der Waals surface area contributed by atoms with Crippen LogP contribution < -0.4 is 0 Å². The Morgan fingerprint density at radius 2 is 1.29 bits per heavy atom. The first-order chi connectivity index (χ1) is 11.0. The van der Waals surface area contributed by atoms with Crippen LogP contribution in [0, 0.1) is 28.6 Å². The van der Waals surface area contributed by atoms with Crippen molar-refractivity contribution in [2.45, 2.75) is 75.2 Å². The highest BCUT2D eigenvalue weighted by atomic mass is 15.3. The molecule has 1 saturated heterocycles. The van der Waals surface area contributed by atoms with Crippen LogP contribution in [0.1, 0.15) is 75.2 Å². The lowest BCUT2D eigenvalue weighted by Gasteiger charge is -2.48. The molecule has 1 atom stereocenters. The van der Waals surface area contributed by atoms with E-state index in [0.717, 1.165) is 17.8 Å². The topological polar surface area (TPSA) is 6.48 Å². The first-order valence-electron chi connectivity index (χ1n) is 10.4. The van der Waals surface area contributed by atoms with Crippen LogP contribution in [-0.4, -0.2) is 49.1 Å². The van der Waals surface area contributed by atoms with Crippen LogP contribution >= 0.6 is 0 Å². The zero-order chi connectivity index (χ0) is 18.5. The number of rotatable bonds is 9. The van der Waals surface area contributed by atoms with Gasteiger partial charge in [0, 0.05) is 32.7 Å². The van der Waals surface area contributed by atoms with E-state index in [4.69, 9.17) is 0 Å². The quantitative estimate of drug-likeness (QED) is 0.556. The fourth-order valence-electron chi connectivity index (χ4n) is 3.69. The molecular formula is C22H46N2. The van der Waals surface area contributed by atoms with Gasteiger partial charge in [-0.3, -0.25) is 0 Å². The summed E-state index contributed by atoms with van der Waals surface area (Å²) in [5.41, 5.74) is 0.729. The largest absolute Gasteiger partial charge is 0.301 e. The van der Waals surface area contributed by atoms with Crippen LogP contribution in [0.15, 0.2) is 0 Å². The molecule has 1 aliphatic heterocycles. The van der Waals surface area contributed by atoms with E-state index >= 15 is 0 Å². The second-order valence-corrected chi connectivity index (χ2v) is 10.2. The zero-order valence-corrected chi connectivity index (χ0v) is 18.3. The molecule has 1 fully saturated rings. The van der Waals surface area contributed by atoms with Crippen molar-refractivity contribution < 1.29 is 0 Å². The van der Waals surface area contributed by atoms with Crippen molar-refractivity contribution in [2.75, 3.05) is 39.3 Å². The van der Waals surface area contributed by atoms with Crippen LogP contribution in [-0.2, 0) is 0 Å². The first kappa shape index (κ1) is 22.0. The molecule has 1 rings (SSSR count). The Morgan fingerprint density at radius 1 is 0.792 bits per heavy atom. The lowest BCUT2D eigenvalue weighted by molar-refractivity contribution is 0.00412. The molecule has 2 nitrogen and oxygen atoms in total. The summed E-state index contributed by atoms with van der Waals surface area (Å²) in [6.07, 6.45) is 2.75. The predicted molar refractivity (Wildman–Crippen MR) is 109 cm³/mol. The third-order valence-corrected chi connectivity index (χ3v) is 7.54. The number of piperazine rings is 1. The standard InChI is InChI=1S/C22H46N2/c1-18(2)20(5)11-10-12-23-13-15-24(16-14-23)17-21(6,7)22(8,9)19(3)4/h18-20H,10-17H2,1-9H3. The molecule has 1 unspecified atom stereocenters. The van der Waals surface area contributed by atoms with Gasteiger partial charge in [-0.25, -0.2) is 0 Å². The van der Waals surface area contributed by atoms with E-state index in [1.807, 2.05) is 0 Å². The van der Waals surface area contributed by atoms with E-state index in [-0.39, 0.29) is 0 Å². The molecule has 0 amide bonds. The average Bonchev–Trinajstić information content (AvgIpc) is 2.48. The molecule has 24 heavy (non-hydrogen) atoms. The molecule has 0 N–H and O–H groups in total. The summed E-state index contributed by atoms with van der Waals surface area (Å²) in [5.74, 6) is 2.41. The van der Waals surface area contributed by atoms with E-state index in [9.17, 15) is 0 Å². The van der Waals surface area contributed by atoms with Gasteiger partial charge in [-0.1, -0.05) is 62.3 Å². The van der Waals surface area contributed by atoms with Gasteiger partial charge in [-0.15, -0.1) is 0 Å². The van der Waals surface area contributed by atoms with Crippen molar-refractivity contribution >= 4 is 0 Å². The normalized spacial score (nSPS) is 20.1. The third-order valence-electron chi connectivity index (χ3n) is 7.54. The maximum Gasteiger partial charge on any atom is 0.0110 e. The summed E-state index contributed by atoms with van der Waals surface area (Å²) in [6.45, 7) is 29.2. The maximum absolute atomic E-state index is 2.71. The molecular weight excluding hydrogens is 292 g/mol. The van der Waals surface area contributed by atoms with Crippen molar-refractivity contribution in [3.05, 3.63) is 0 Å². The molecule has 0 bridgehead atoms. The number of nitrogens with zero attached hydrogens (tertiary/aromatic N) is 2. The van der Waals surface area contributed by atoms with Crippen LogP contribution in [0.3, 0.4) is 0 Å². The van der Waals surface area contributed by atoms with Gasteiger partial charge >= 0.3 is 0 Å². The summed E-state index contributed by atoms with van der Waals surface area (Å²) in [5, 5.41) is 0. The van der Waals surface area contributed by atoms with Gasteiger partial charge in [0.1, 0.15) is 0 Å². The van der Waals surface area contributed by atoms with Gasteiger partial charge in [-0.2, -0.15) is 0 Å². The van der Waals surface area contributed by atoms with Gasteiger partial charge < -0.3 is 9.80 Å². The fraction of sp³-hybridized carbons (Fsp3) is 1.00. The lowest BCUT2D eigenvalue weighted by Crippen LogP contribution is -2.52. The van der Waals surface area contributed by atoms with E-state index in [2.05, 4.69) is 72.1 Å². The Bertz CT molecular complexity index is 349. The van der Waals surface area contributed by atoms with E-state index in [0.29, 0.717) is 10.8 Å². The summed E-state index contributed by atoms with van der Waals surface area (Å²) < 4.78 is 0. The van der Waals surface area contributed by atoms with Crippen molar-refractivity contribution in [2.24, 2.45) is 28.6 Å². The fourth-order valence-corrected chi connectivity index (χ4v) is 3.69. The Balaban J connectivity index is 2.35. The third kappa shape index (κ3) is 6.02. The van der Waals surface area contributed by atoms with Crippen molar-refractivity contribution in [3.8, 4) is 0 Å². The Morgan fingerprint density at radius 3 is 1.75 bits per heavy atom. The van der Waals surface area contributed by atoms with Gasteiger partial charge in [0.05, 0.1) is 0 Å². The molecule has 0 aromatic carbocycles. The molecule has 1 aliphatic rings. The van der Waals surface area contributed by atoms with Crippen LogP contribution in [0.25, 0.3) is 0 Å². The molecule has 0 radical (unpaired) electrons. The van der Waals surface area contributed by atoms with Gasteiger partial charge in [0.2, 0.25) is 0 Å². The maximum atomic E-state index is 2.71. The average molecular weight is 339 g/mol. The molecule has 0 saturated carbocycles. The first-order valence-corrected chi connectivity index (χ1v) is 10.4. The summed E-state index contributed by atoms with van der Waals surface area (Å²) in [4.78, 5) is 5.39. The highest BCUT2D eigenvalue weighted by Crippen LogP contribution is 2.44. The summed E-state index contributed by atoms with van der Waals surface area (Å²) in [6, 6.07) is 0. The van der Waals surface area contributed by atoms with E-state index in [1.54, 1.807) is 0 Å². The molecule has 0 aromatic heterocycles. The Hall–Kier alpha value is -0.0800. The zero-order valence-electron chi connectivity index (χ0n) is 18.3. The minimum atomic E-state index is 0.357. The van der Waals surface area contributed by atoms with Gasteiger partial charge in [0.25, 0.3) is 0 Å². The second kappa shape index (κ2) is 9.03. The molecule has 144 valence electrons.